The van der Waals surface area contributed by atoms with Gasteiger partial charge in [0.25, 0.3) is 0 Å². The molecule has 0 aromatic carbocycles. The van der Waals surface area contributed by atoms with E-state index in [-0.39, 0.29) is 0 Å². The van der Waals surface area contributed by atoms with Crippen molar-refractivity contribution in [3.8, 4) is 0 Å². The molecule has 1 radical (unpaired) electrons. The van der Waals surface area contributed by atoms with Gasteiger partial charge in [0, 0.05) is 0 Å². The maximum absolute atomic E-state index is 5.45. The molecule has 0 aromatic rings. The molecule has 0 fully saturated rings. The first-order valence-electron chi connectivity index (χ1n) is 10.9. The Bertz CT molecular complexity index is 170. The van der Waals surface area contributed by atoms with E-state index in [1.54, 1.807) is 0 Å². The summed E-state index contributed by atoms with van der Waals surface area (Å²) < 4.78 is 0. The van der Waals surface area contributed by atoms with E-state index in [9.17, 15) is 0 Å². The van der Waals surface area contributed by atoms with Crippen LogP contribution in [0.15, 0.2) is 0 Å². The second kappa shape index (κ2) is 22.0. The molecule has 0 rings (SSSR count). The van der Waals surface area contributed by atoms with Gasteiger partial charge in [0.2, 0.25) is 0 Å². The summed E-state index contributed by atoms with van der Waals surface area (Å²) in [6, 6.07) is 0. The zero-order valence-electron chi connectivity index (χ0n) is 16.3. The lowest BCUT2D eigenvalue weighted by atomic mass is 10.0. The van der Waals surface area contributed by atoms with Crippen LogP contribution in [0.5, 0.6) is 0 Å². The number of hydrogen-bond donors (Lipinski definition) is 1. The van der Waals surface area contributed by atoms with Crippen molar-refractivity contribution < 1.29 is 0 Å². The first-order chi connectivity index (χ1) is 11.4. The van der Waals surface area contributed by atoms with Gasteiger partial charge < -0.3 is 5.73 Å². The fraction of sp³-hybridized carbons (Fsp3) is 0.955. The van der Waals surface area contributed by atoms with E-state index in [4.69, 9.17) is 5.73 Å². The summed E-state index contributed by atoms with van der Waals surface area (Å²) in [5.41, 5.74) is 5.45. The van der Waals surface area contributed by atoms with Gasteiger partial charge in [-0.2, -0.15) is 0 Å². The molecule has 0 amide bonds. The van der Waals surface area contributed by atoms with Crippen LogP contribution in [-0.2, 0) is 0 Å². The molecular formula is C22H46N. The molecule has 0 aliphatic carbocycles. The molecule has 1 nitrogen and oxygen atoms in total. The van der Waals surface area contributed by atoms with Crippen molar-refractivity contribution in [1.29, 1.82) is 0 Å². The fourth-order valence-electron chi connectivity index (χ4n) is 3.31. The highest BCUT2D eigenvalue weighted by molar-refractivity contribution is 4.64. The first-order valence-corrected chi connectivity index (χ1v) is 10.9. The summed E-state index contributed by atoms with van der Waals surface area (Å²) in [7, 11) is 0. The van der Waals surface area contributed by atoms with Crippen molar-refractivity contribution >= 4 is 0 Å². The van der Waals surface area contributed by atoms with Crippen LogP contribution in [0.1, 0.15) is 129 Å². The largest absolute Gasteiger partial charge is 0.330 e. The molecule has 0 spiro atoms. The van der Waals surface area contributed by atoms with Gasteiger partial charge in [-0.15, -0.1) is 0 Å². The monoisotopic (exact) mass is 324 g/mol. The Hall–Kier alpha value is -0.0400. The van der Waals surface area contributed by atoms with Crippen LogP contribution < -0.4 is 5.73 Å². The molecule has 1 heteroatoms. The van der Waals surface area contributed by atoms with Crippen LogP contribution in [-0.4, -0.2) is 6.54 Å². The molecule has 0 heterocycles. The van der Waals surface area contributed by atoms with E-state index in [1.807, 2.05) is 0 Å². The van der Waals surface area contributed by atoms with E-state index >= 15 is 0 Å². The lowest BCUT2D eigenvalue weighted by Crippen LogP contribution is -1.98. The Morgan fingerprint density at radius 3 is 1.09 bits per heavy atom. The number of hydrogen-bond acceptors (Lipinski definition) is 1. The first kappa shape index (κ1) is 23.0. The lowest BCUT2D eigenvalue weighted by Gasteiger charge is -2.04. The number of rotatable bonds is 20. The molecule has 0 saturated carbocycles. The highest BCUT2D eigenvalue weighted by Gasteiger charge is 1.95. The van der Waals surface area contributed by atoms with Crippen LogP contribution in [0.25, 0.3) is 0 Å². The summed E-state index contributed by atoms with van der Waals surface area (Å²) in [4.78, 5) is 0. The van der Waals surface area contributed by atoms with E-state index in [0.29, 0.717) is 0 Å². The van der Waals surface area contributed by atoms with Crippen LogP contribution in [0.2, 0.25) is 0 Å². The quantitative estimate of drug-likeness (QED) is 0.229. The zero-order valence-corrected chi connectivity index (χ0v) is 16.3. The minimum Gasteiger partial charge on any atom is -0.330 e. The molecular weight excluding hydrogens is 278 g/mol. The summed E-state index contributed by atoms with van der Waals surface area (Å²) in [5.74, 6) is 0. The second-order valence-corrected chi connectivity index (χ2v) is 7.32. The standard InChI is InChI=1S/C22H46N/c1-2-3-4-5-6-7-8-9-10-11-12-13-14-15-16-17-18-19-20-21-22-23/h21H,2-20,22-23H2,1H3. The van der Waals surface area contributed by atoms with Gasteiger partial charge in [0.05, 0.1) is 0 Å². The van der Waals surface area contributed by atoms with E-state index in [0.717, 1.165) is 6.54 Å². The van der Waals surface area contributed by atoms with E-state index < -0.39 is 0 Å². The Kier molecular flexibility index (Phi) is 21.9. The van der Waals surface area contributed by atoms with Crippen molar-refractivity contribution in [2.75, 3.05) is 6.54 Å². The van der Waals surface area contributed by atoms with Crippen LogP contribution in [0.3, 0.4) is 0 Å². The molecule has 2 N–H and O–H groups in total. The molecule has 0 aliphatic rings. The van der Waals surface area contributed by atoms with Crippen molar-refractivity contribution in [3.63, 3.8) is 0 Å². The number of nitrogens with two attached hydrogens (primary N) is 1. The Labute approximate surface area is 148 Å². The average molecular weight is 325 g/mol. The predicted octanol–water partition coefficient (Wildman–Crippen LogP) is 7.58. The molecule has 0 bridgehead atoms. The molecule has 0 unspecified atom stereocenters. The van der Waals surface area contributed by atoms with E-state index in [2.05, 4.69) is 13.3 Å². The third-order valence-corrected chi connectivity index (χ3v) is 4.93. The van der Waals surface area contributed by atoms with Crippen molar-refractivity contribution in [3.05, 3.63) is 6.42 Å². The Morgan fingerprint density at radius 1 is 0.478 bits per heavy atom. The minimum atomic E-state index is 0.749. The summed E-state index contributed by atoms with van der Waals surface area (Å²) in [6.45, 7) is 3.04. The van der Waals surface area contributed by atoms with Crippen molar-refractivity contribution in [1.82, 2.24) is 0 Å². The SMILES string of the molecule is CCCCCCCCCCCCCCCCCCCC[CH]CN. The topological polar surface area (TPSA) is 26.0 Å². The summed E-state index contributed by atoms with van der Waals surface area (Å²) >= 11 is 0. The van der Waals surface area contributed by atoms with Crippen molar-refractivity contribution in [2.45, 2.75) is 129 Å². The fourth-order valence-corrected chi connectivity index (χ4v) is 3.31. The van der Waals surface area contributed by atoms with Gasteiger partial charge in [-0.05, 0) is 19.4 Å². The van der Waals surface area contributed by atoms with Crippen molar-refractivity contribution in [2.24, 2.45) is 5.73 Å². The van der Waals surface area contributed by atoms with Gasteiger partial charge in [0.1, 0.15) is 0 Å². The molecule has 0 saturated heterocycles. The van der Waals surface area contributed by atoms with Gasteiger partial charge >= 0.3 is 0 Å². The molecule has 0 aromatic heterocycles. The normalized spacial score (nSPS) is 11.2. The van der Waals surface area contributed by atoms with Crippen LogP contribution in [0, 0.1) is 6.42 Å². The third-order valence-electron chi connectivity index (χ3n) is 4.93. The number of unbranched alkanes of at least 4 members (excludes halogenated alkanes) is 19. The van der Waals surface area contributed by atoms with E-state index in [1.165, 1.54) is 122 Å². The minimum absolute atomic E-state index is 0.749. The summed E-state index contributed by atoms with van der Waals surface area (Å²) in [6.07, 6.45) is 29.5. The average Bonchev–Trinajstić information content (AvgIpc) is 2.57. The van der Waals surface area contributed by atoms with Gasteiger partial charge in [-0.1, -0.05) is 122 Å². The van der Waals surface area contributed by atoms with Gasteiger partial charge in [0.15, 0.2) is 0 Å². The highest BCUT2D eigenvalue weighted by atomic mass is 14.5. The Morgan fingerprint density at radius 2 is 0.783 bits per heavy atom. The Balaban J connectivity index is 2.92. The lowest BCUT2D eigenvalue weighted by molar-refractivity contribution is 0.525. The van der Waals surface area contributed by atoms with Gasteiger partial charge in [-0.25, -0.2) is 0 Å². The van der Waals surface area contributed by atoms with Crippen LogP contribution in [0.4, 0.5) is 0 Å². The highest BCUT2D eigenvalue weighted by Crippen LogP contribution is 2.14. The second-order valence-electron chi connectivity index (χ2n) is 7.32. The molecule has 23 heavy (non-hydrogen) atoms. The maximum Gasteiger partial charge on any atom is -0.00457 e. The zero-order chi connectivity index (χ0) is 16.8. The van der Waals surface area contributed by atoms with Gasteiger partial charge in [-0.3, -0.25) is 0 Å². The maximum atomic E-state index is 5.45. The molecule has 139 valence electrons. The molecule has 0 aliphatic heterocycles. The molecule has 0 atom stereocenters. The third kappa shape index (κ3) is 22.0. The van der Waals surface area contributed by atoms with Crippen LogP contribution >= 0.6 is 0 Å². The smallest absolute Gasteiger partial charge is 0.00457 e. The summed E-state index contributed by atoms with van der Waals surface area (Å²) in [5, 5.41) is 0. The predicted molar refractivity (Wildman–Crippen MR) is 107 cm³/mol.